The molecule has 280 valence electrons. The topological polar surface area (TPSA) is 61.8 Å². The molecule has 0 aliphatic heterocycles. The fourth-order valence-corrected chi connectivity index (χ4v) is 48.0. The summed E-state index contributed by atoms with van der Waals surface area (Å²) in [6.45, 7) is 13.4. The molecule has 5 nitrogen and oxygen atoms in total. The number of carbonyl (C=O) groups is 2. The van der Waals surface area contributed by atoms with Gasteiger partial charge in [-0.25, -0.2) is 0 Å². The summed E-state index contributed by atoms with van der Waals surface area (Å²) in [7, 11) is 0. The molecule has 47 heavy (non-hydrogen) atoms. The quantitative estimate of drug-likeness (QED) is 0.0463. The molecule has 0 saturated carbocycles. The van der Waals surface area contributed by atoms with Gasteiger partial charge in [0.2, 0.25) is 0 Å². The monoisotopic (exact) mass is 882 g/mol. The SMILES string of the molecule is CCCCCCCCCCCC(=O)[O][Sn]([CH2]CCC)([CH2]CCC)[O][Sn]([CH2]CCC)([CH2]CCC)[O]C(=O)CCCCCCCCCCC. The molecule has 0 aromatic carbocycles. The van der Waals surface area contributed by atoms with Crippen molar-refractivity contribution in [2.45, 2.75) is 239 Å². The van der Waals surface area contributed by atoms with Crippen molar-refractivity contribution >= 4 is 50.3 Å². The first-order valence-corrected chi connectivity index (χ1v) is 33.7. The minimum atomic E-state index is -3.88. The second kappa shape index (κ2) is 33.6. The van der Waals surface area contributed by atoms with E-state index in [0.29, 0.717) is 12.8 Å². The first-order chi connectivity index (χ1) is 22.9. The third kappa shape index (κ3) is 26.9. The normalized spacial score (nSPS) is 12.0. The van der Waals surface area contributed by atoms with Gasteiger partial charge in [-0.05, 0) is 0 Å². The molecule has 0 saturated heterocycles. The molecule has 0 unspecified atom stereocenters. The fourth-order valence-electron chi connectivity index (χ4n) is 6.50. The molecular weight excluding hydrogens is 798 g/mol. The van der Waals surface area contributed by atoms with E-state index in [1.165, 1.54) is 89.9 Å². The van der Waals surface area contributed by atoms with Crippen LogP contribution in [-0.4, -0.2) is 50.3 Å². The Bertz CT molecular complexity index is 643. The predicted molar refractivity (Wildman–Crippen MR) is 207 cm³/mol. The van der Waals surface area contributed by atoms with Crippen molar-refractivity contribution in [1.29, 1.82) is 0 Å². The molecule has 0 aliphatic carbocycles. The van der Waals surface area contributed by atoms with E-state index in [4.69, 9.17) is 7.56 Å². The van der Waals surface area contributed by atoms with E-state index >= 15 is 0 Å². The second-order valence-corrected chi connectivity index (χ2v) is 36.2. The number of rotatable bonds is 36. The van der Waals surface area contributed by atoms with Gasteiger partial charge in [0, 0.05) is 0 Å². The van der Waals surface area contributed by atoms with Crippen molar-refractivity contribution in [1.82, 2.24) is 0 Å². The second-order valence-electron chi connectivity index (χ2n) is 14.4. The zero-order valence-electron chi connectivity index (χ0n) is 32.7. The summed E-state index contributed by atoms with van der Waals surface area (Å²) in [5.74, 6) is -0.0775. The Hall–Kier alpha value is 0.497. The van der Waals surface area contributed by atoms with Crippen molar-refractivity contribution in [2.75, 3.05) is 0 Å². The molecule has 0 spiro atoms. The van der Waals surface area contributed by atoms with E-state index in [9.17, 15) is 9.59 Å². The molecule has 0 aliphatic rings. The van der Waals surface area contributed by atoms with Gasteiger partial charge in [0.25, 0.3) is 0 Å². The van der Waals surface area contributed by atoms with Crippen LogP contribution in [0.1, 0.15) is 221 Å². The van der Waals surface area contributed by atoms with Crippen LogP contribution in [0.3, 0.4) is 0 Å². The Kier molecular flexibility index (Phi) is 34.0. The van der Waals surface area contributed by atoms with Crippen molar-refractivity contribution in [3.63, 3.8) is 0 Å². The van der Waals surface area contributed by atoms with E-state index in [1.54, 1.807) is 0 Å². The molecule has 0 aromatic heterocycles. The zero-order chi connectivity index (χ0) is 34.9. The first kappa shape index (κ1) is 47.5. The molecule has 0 N–H and O–H groups in total. The van der Waals surface area contributed by atoms with E-state index in [0.717, 1.165) is 94.8 Å². The van der Waals surface area contributed by atoms with Crippen molar-refractivity contribution in [2.24, 2.45) is 0 Å². The average Bonchev–Trinajstić information content (AvgIpc) is 3.06. The van der Waals surface area contributed by atoms with Crippen LogP contribution < -0.4 is 0 Å². The average molecular weight is 881 g/mol. The summed E-state index contributed by atoms with van der Waals surface area (Å²) in [6.07, 6.45) is 31.6. The minimum Gasteiger partial charge on any atom is -0.0654 e. The standard InChI is InChI=1S/2C12H24O2.4C4H9.O.2Sn/c2*1-2-3-4-5-6-7-8-9-10-11-12(13)14;4*1-3-4-2;;;/h2*2-11H2,1H3,(H,13,14);4*1,3-4H2,2H3;;;/q;;;;;;;2*+1/p-2. The molecule has 0 amide bonds. The van der Waals surface area contributed by atoms with Gasteiger partial charge in [0.1, 0.15) is 0 Å². The molecule has 0 aromatic rings. The molecule has 0 heterocycles. The van der Waals surface area contributed by atoms with Crippen molar-refractivity contribution in [3.05, 3.63) is 0 Å². The van der Waals surface area contributed by atoms with Crippen LogP contribution >= 0.6 is 0 Å². The van der Waals surface area contributed by atoms with Crippen LogP contribution in [0.5, 0.6) is 0 Å². The molecular formula is C40H82O5Sn2. The van der Waals surface area contributed by atoms with Gasteiger partial charge < -0.3 is 0 Å². The fraction of sp³-hybridized carbons (Fsp3) is 0.950. The van der Waals surface area contributed by atoms with Gasteiger partial charge in [-0.3, -0.25) is 0 Å². The van der Waals surface area contributed by atoms with E-state index < -0.39 is 38.4 Å². The van der Waals surface area contributed by atoms with Crippen molar-refractivity contribution < 1.29 is 17.1 Å². The predicted octanol–water partition coefficient (Wildman–Crippen LogP) is 14.0. The summed E-state index contributed by atoms with van der Waals surface area (Å²) in [5, 5.41) is 0. The summed E-state index contributed by atoms with van der Waals surface area (Å²) >= 11 is -7.77. The Morgan fingerprint density at radius 2 is 0.574 bits per heavy atom. The summed E-state index contributed by atoms with van der Waals surface area (Å²) in [5.41, 5.74) is 0. The number of hydrogen-bond donors (Lipinski definition) is 0. The van der Waals surface area contributed by atoms with E-state index in [1.807, 2.05) is 0 Å². The summed E-state index contributed by atoms with van der Waals surface area (Å²) in [4.78, 5) is 27.0. The van der Waals surface area contributed by atoms with Crippen LogP contribution in [0.4, 0.5) is 0 Å². The smallest absolute Gasteiger partial charge is 0.0654 e. The van der Waals surface area contributed by atoms with Crippen LogP contribution in [0.25, 0.3) is 0 Å². The van der Waals surface area contributed by atoms with E-state index in [2.05, 4.69) is 41.5 Å². The molecule has 0 bridgehead atoms. The first-order valence-electron chi connectivity index (χ1n) is 21.0. The third-order valence-electron chi connectivity index (χ3n) is 9.59. The Morgan fingerprint density at radius 3 is 0.830 bits per heavy atom. The van der Waals surface area contributed by atoms with Crippen LogP contribution in [-0.2, 0) is 17.1 Å². The molecule has 0 radical (unpaired) electrons. The van der Waals surface area contributed by atoms with E-state index in [-0.39, 0.29) is 11.9 Å². The van der Waals surface area contributed by atoms with Crippen LogP contribution in [0, 0.1) is 0 Å². The Balaban J connectivity index is 5.55. The summed E-state index contributed by atoms with van der Waals surface area (Å²) < 4.78 is 24.5. The van der Waals surface area contributed by atoms with Crippen LogP contribution in [0.15, 0.2) is 0 Å². The van der Waals surface area contributed by atoms with Crippen LogP contribution in [0.2, 0.25) is 17.7 Å². The Labute approximate surface area is 304 Å². The number of unbranched alkanes of at least 4 members (excludes halogenated alkanes) is 20. The summed E-state index contributed by atoms with van der Waals surface area (Å²) in [6, 6.07) is 0. The molecule has 0 atom stereocenters. The van der Waals surface area contributed by atoms with Gasteiger partial charge in [-0.2, -0.15) is 0 Å². The minimum absolute atomic E-state index is 0.0388. The molecule has 0 rings (SSSR count). The number of hydrogen-bond acceptors (Lipinski definition) is 5. The van der Waals surface area contributed by atoms with Gasteiger partial charge in [-0.1, -0.05) is 13.8 Å². The van der Waals surface area contributed by atoms with Gasteiger partial charge in [-0.15, -0.1) is 0 Å². The Morgan fingerprint density at radius 1 is 0.340 bits per heavy atom. The zero-order valence-corrected chi connectivity index (χ0v) is 38.4. The molecule has 7 heteroatoms. The van der Waals surface area contributed by atoms with Crippen molar-refractivity contribution in [3.8, 4) is 0 Å². The van der Waals surface area contributed by atoms with Gasteiger partial charge in [0.05, 0.1) is 0 Å². The number of carbonyl (C=O) groups excluding carboxylic acids is 2. The van der Waals surface area contributed by atoms with Gasteiger partial charge in [0.15, 0.2) is 0 Å². The maximum absolute atomic E-state index is 13.5. The third-order valence-corrected chi connectivity index (χ3v) is 42.1. The maximum atomic E-state index is 13.5. The van der Waals surface area contributed by atoms with Gasteiger partial charge >= 0.3 is 293 Å². The molecule has 0 fully saturated rings.